The predicted molar refractivity (Wildman–Crippen MR) is 64.5 cm³/mol. The molecule has 2 aliphatic heterocycles. The van der Waals surface area contributed by atoms with E-state index in [1.54, 1.807) is 4.90 Å². The molecule has 0 aliphatic carbocycles. The van der Waals surface area contributed by atoms with Crippen LogP contribution in [0.1, 0.15) is 26.2 Å². The molecule has 5 heteroatoms. The molecule has 2 amide bonds. The van der Waals surface area contributed by atoms with Crippen LogP contribution in [0.25, 0.3) is 0 Å². The molecule has 96 valence electrons. The van der Waals surface area contributed by atoms with Crippen LogP contribution in [0.3, 0.4) is 0 Å². The molecule has 0 bridgehead atoms. The molecule has 0 spiro atoms. The summed E-state index contributed by atoms with van der Waals surface area (Å²) in [5, 5.41) is 3.18. The molecule has 1 N–H and O–H groups in total. The Labute approximate surface area is 102 Å². The van der Waals surface area contributed by atoms with Crippen molar-refractivity contribution in [1.29, 1.82) is 0 Å². The summed E-state index contributed by atoms with van der Waals surface area (Å²) in [4.78, 5) is 27.3. The summed E-state index contributed by atoms with van der Waals surface area (Å²) in [5.41, 5.74) is 0. The zero-order valence-corrected chi connectivity index (χ0v) is 10.4. The van der Waals surface area contributed by atoms with Gasteiger partial charge in [-0.15, -0.1) is 0 Å². The molecule has 2 heterocycles. The highest BCUT2D eigenvalue weighted by Gasteiger charge is 2.30. The zero-order valence-electron chi connectivity index (χ0n) is 10.4. The molecule has 5 nitrogen and oxygen atoms in total. The quantitative estimate of drug-likeness (QED) is 0.724. The van der Waals surface area contributed by atoms with E-state index >= 15 is 0 Å². The zero-order chi connectivity index (χ0) is 12.3. The number of likely N-dealkylation sites (tertiary alicyclic amines) is 1. The summed E-state index contributed by atoms with van der Waals surface area (Å²) in [7, 11) is 0. The molecule has 0 radical (unpaired) electrons. The van der Waals surface area contributed by atoms with Crippen molar-refractivity contribution in [2.24, 2.45) is 0 Å². The van der Waals surface area contributed by atoms with Crippen LogP contribution in [-0.4, -0.2) is 60.4 Å². The number of hydrogen-bond acceptors (Lipinski definition) is 3. The van der Waals surface area contributed by atoms with Crippen molar-refractivity contribution < 1.29 is 9.59 Å². The summed E-state index contributed by atoms with van der Waals surface area (Å²) >= 11 is 0. The minimum absolute atomic E-state index is 0.105. The van der Waals surface area contributed by atoms with Gasteiger partial charge in [-0.1, -0.05) is 6.92 Å². The van der Waals surface area contributed by atoms with Crippen LogP contribution in [0.4, 0.5) is 0 Å². The maximum absolute atomic E-state index is 12.2. The number of carbonyl (C=O) groups is 2. The third kappa shape index (κ3) is 2.77. The first-order valence-corrected chi connectivity index (χ1v) is 6.50. The van der Waals surface area contributed by atoms with E-state index in [0.29, 0.717) is 12.5 Å². The van der Waals surface area contributed by atoms with Gasteiger partial charge in [0, 0.05) is 32.6 Å². The van der Waals surface area contributed by atoms with Gasteiger partial charge in [-0.05, 0) is 12.8 Å². The average Bonchev–Trinajstić information content (AvgIpc) is 2.61. The van der Waals surface area contributed by atoms with Gasteiger partial charge in [0.15, 0.2) is 0 Å². The van der Waals surface area contributed by atoms with Crippen molar-refractivity contribution in [3.63, 3.8) is 0 Å². The maximum Gasteiger partial charge on any atom is 0.242 e. The van der Waals surface area contributed by atoms with Gasteiger partial charge in [-0.25, -0.2) is 0 Å². The largest absolute Gasteiger partial charge is 0.336 e. The SMILES string of the molecule is CCCN(C(=O)CN1CCCC1=O)C1CNC1. The van der Waals surface area contributed by atoms with Crippen LogP contribution in [0.2, 0.25) is 0 Å². The van der Waals surface area contributed by atoms with E-state index in [-0.39, 0.29) is 18.4 Å². The van der Waals surface area contributed by atoms with Crippen LogP contribution in [0.5, 0.6) is 0 Å². The number of rotatable bonds is 5. The Kier molecular flexibility index (Phi) is 3.99. The normalized spacial score (nSPS) is 20.5. The lowest BCUT2D eigenvalue weighted by molar-refractivity contribution is -0.140. The topological polar surface area (TPSA) is 52.7 Å². The molecule has 0 aromatic heterocycles. The molecule has 0 aromatic rings. The fraction of sp³-hybridized carbons (Fsp3) is 0.833. The Morgan fingerprint density at radius 1 is 1.53 bits per heavy atom. The minimum Gasteiger partial charge on any atom is -0.336 e. The number of carbonyl (C=O) groups excluding carboxylic acids is 2. The third-order valence-corrected chi connectivity index (χ3v) is 3.48. The van der Waals surface area contributed by atoms with E-state index in [1.807, 2.05) is 4.90 Å². The Balaban J connectivity index is 1.88. The van der Waals surface area contributed by atoms with Crippen molar-refractivity contribution in [2.45, 2.75) is 32.2 Å². The minimum atomic E-state index is 0.105. The van der Waals surface area contributed by atoms with Crippen molar-refractivity contribution in [2.75, 3.05) is 32.7 Å². The summed E-state index contributed by atoms with van der Waals surface area (Å²) in [6.07, 6.45) is 2.47. The molecule has 2 saturated heterocycles. The molecule has 17 heavy (non-hydrogen) atoms. The Morgan fingerprint density at radius 2 is 2.29 bits per heavy atom. The fourth-order valence-electron chi connectivity index (χ4n) is 2.37. The van der Waals surface area contributed by atoms with Gasteiger partial charge in [0.2, 0.25) is 11.8 Å². The van der Waals surface area contributed by atoms with Crippen LogP contribution in [0, 0.1) is 0 Å². The average molecular weight is 239 g/mol. The second kappa shape index (κ2) is 5.49. The van der Waals surface area contributed by atoms with Gasteiger partial charge >= 0.3 is 0 Å². The van der Waals surface area contributed by atoms with Gasteiger partial charge in [-0.2, -0.15) is 0 Å². The molecule has 0 saturated carbocycles. The van der Waals surface area contributed by atoms with Crippen molar-refractivity contribution in [3.05, 3.63) is 0 Å². The standard InChI is InChI=1S/C12H21N3O2/c1-2-5-15(10-7-13-8-10)12(17)9-14-6-3-4-11(14)16/h10,13H,2-9H2,1H3. The van der Waals surface area contributed by atoms with Gasteiger partial charge in [0.1, 0.15) is 0 Å². The molecule has 2 aliphatic rings. The van der Waals surface area contributed by atoms with Crippen molar-refractivity contribution in [1.82, 2.24) is 15.1 Å². The van der Waals surface area contributed by atoms with E-state index < -0.39 is 0 Å². The molecule has 2 fully saturated rings. The molecule has 0 unspecified atom stereocenters. The summed E-state index contributed by atoms with van der Waals surface area (Å²) in [6, 6.07) is 0.333. The highest BCUT2D eigenvalue weighted by atomic mass is 16.2. The van der Waals surface area contributed by atoms with Crippen molar-refractivity contribution >= 4 is 11.8 Å². The number of nitrogens with one attached hydrogen (secondary N) is 1. The van der Waals surface area contributed by atoms with Gasteiger partial charge < -0.3 is 15.1 Å². The number of amides is 2. The lowest BCUT2D eigenvalue weighted by atomic mass is 10.1. The third-order valence-electron chi connectivity index (χ3n) is 3.48. The Hall–Kier alpha value is -1.10. The first-order chi connectivity index (χ1) is 8.22. The summed E-state index contributed by atoms with van der Waals surface area (Å²) in [6.45, 7) is 5.67. The summed E-state index contributed by atoms with van der Waals surface area (Å²) < 4.78 is 0. The highest BCUT2D eigenvalue weighted by molar-refractivity contribution is 5.86. The van der Waals surface area contributed by atoms with E-state index in [2.05, 4.69) is 12.2 Å². The van der Waals surface area contributed by atoms with Crippen LogP contribution < -0.4 is 5.32 Å². The second-order valence-corrected chi connectivity index (χ2v) is 4.82. The first kappa shape index (κ1) is 12.4. The highest BCUT2D eigenvalue weighted by Crippen LogP contribution is 2.12. The number of hydrogen-bond donors (Lipinski definition) is 1. The lowest BCUT2D eigenvalue weighted by Crippen LogP contribution is -2.60. The van der Waals surface area contributed by atoms with E-state index in [1.165, 1.54) is 0 Å². The monoisotopic (exact) mass is 239 g/mol. The summed E-state index contributed by atoms with van der Waals surface area (Å²) in [5.74, 6) is 0.232. The van der Waals surface area contributed by atoms with Crippen LogP contribution >= 0.6 is 0 Å². The van der Waals surface area contributed by atoms with E-state index in [9.17, 15) is 9.59 Å². The first-order valence-electron chi connectivity index (χ1n) is 6.50. The fourth-order valence-corrected chi connectivity index (χ4v) is 2.37. The molecule has 0 aromatic carbocycles. The predicted octanol–water partition coefficient (Wildman–Crippen LogP) is -0.181. The van der Waals surface area contributed by atoms with Crippen molar-refractivity contribution in [3.8, 4) is 0 Å². The van der Waals surface area contributed by atoms with Gasteiger partial charge in [0.25, 0.3) is 0 Å². The van der Waals surface area contributed by atoms with Crippen LogP contribution in [-0.2, 0) is 9.59 Å². The molecular formula is C12H21N3O2. The number of nitrogens with zero attached hydrogens (tertiary/aromatic N) is 2. The molecule has 2 rings (SSSR count). The smallest absolute Gasteiger partial charge is 0.242 e. The second-order valence-electron chi connectivity index (χ2n) is 4.82. The Bertz CT molecular complexity index is 302. The van der Waals surface area contributed by atoms with E-state index in [4.69, 9.17) is 0 Å². The van der Waals surface area contributed by atoms with Gasteiger partial charge in [0.05, 0.1) is 12.6 Å². The lowest BCUT2D eigenvalue weighted by Gasteiger charge is -2.38. The maximum atomic E-state index is 12.2. The van der Waals surface area contributed by atoms with Crippen LogP contribution in [0.15, 0.2) is 0 Å². The Morgan fingerprint density at radius 3 is 2.76 bits per heavy atom. The van der Waals surface area contributed by atoms with E-state index in [0.717, 1.165) is 39.0 Å². The molecular weight excluding hydrogens is 218 g/mol. The van der Waals surface area contributed by atoms with Gasteiger partial charge in [-0.3, -0.25) is 9.59 Å². The molecule has 0 atom stereocenters.